The van der Waals surface area contributed by atoms with Crippen LogP contribution in [-0.2, 0) is 19.1 Å². The Labute approximate surface area is 295 Å². The van der Waals surface area contributed by atoms with E-state index in [1.165, 1.54) is 166 Å². The van der Waals surface area contributed by atoms with Gasteiger partial charge in [-0.1, -0.05) is 190 Å². The fraction of sp³-hybridized carbons (Fsp3) is 0.950. The van der Waals surface area contributed by atoms with Gasteiger partial charge in [0.1, 0.15) is 0 Å². The molecule has 0 aliphatic carbocycles. The van der Waals surface area contributed by atoms with E-state index in [-0.39, 0.29) is 11.9 Å². The summed E-state index contributed by atoms with van der Waals surface area (Å²) in [7, 11) is 4.21. The minimum atomic E-state index is -0.00403. The summed E-state index contributed by atoms with van der Waals surface area (Å²) in [5.41, 5.74) is 0. The standard InChI is InChI=1S/C40H78O4S2/c1-3-5-35-43-39(41)33-29-25-21-17-13-9-7-11-15-19-23-27-31-37-45-46-38-32-28-24-20-16-12-8-10-14-18-22-26-30-34-40(42)44-36-6-4-2/h3-38H2,1-2H3. The van der Waals surface area contributed by atoms with Gasteiger partial charge in [-0.05, 0) is 38.5 Å². The van der Waals surface area contributed by atoms with Crippen molar-refractivity contribution in [3.8, 4) is 0 Å². The van der Waals surface area contributed by atoms with E-state index in [1.54, 1.807) is 0 Å². The summed E-state index contributed by atoms with van der Waals surface area (Å²) in [6.07, 6.45) is 40.1. The predicted molar refractivity (Wildman–Crippen MR) is 206 cm³/mol. The van der Waals surface area contributed by atoms with Crippen molar-refractivity contribution in [1.82, 2.24) is 0 Å². The number of ether oxygens (including phenoxy) is 2. The predicted octanol–water partition coefficient (Wildman–Crippen LogP) is 14.0. The highest BCUT2D eigenvalue weighted by Gasteiger charge is 2.03. The first-order chi connectivity index (χ1) is 22.7. The van der Waals surface area contributed by atoms with Gasteiger partial charge in [0.05, 0.1) is 13.2 Å². The molecule has 0 bridgehead atoms. The summed E-state index contributed by atoms with van der Waals surface area (Å²) in [6, 6.07) is 0. The van der Waals surface area contributed by atoms with Gasteiger partial charge < -0.3 is 9.47 Å². The first-order valence-corrected chi connectivity index (χ1v) is 22.7. The van der Waals surface area contributed by atoms with E-state index in [2.05, 4.69) is 35.4 Å². The highest BCUT2D eigenvalue weighted by Crippen LogP contribution is 2.25. The Morgan fingerprint density at radius 3 is 0.848 bits per heavy atom. The number of carbonyl (C=O) groups is 2. The van der Waals surface area contributed by atoms with E-state index >= 15 is 0 Å². The fourth-order valence-electron chi connectivity index (χ4n) is 5.67. The molecule has 0 aliphatic rings. The molecule has 0 radical (unpaired) electrons. The molecular formula is C40H78O4S2. The van der Waals surface area contributed by atoms with Crippen LogP contribution in [0.5, 0.6) is 0 Å². The van der Waals surface area contributed by atoms with E-state index in [4.69, 9.17) is 9.47 Å². The van der Waals surface area contributed by atoms with E-state index in [1.807, 2.05) is 0 Å². The molecule has 0 amide bonds. The lowest BCUT2D eigenvalue weighted by Crippen LogP contribution is -2.05. The maximum absolute atomic E-state index is 11.6. The van der Waals surface area contributed by atoms with Crippen molar-refractivity contribution in [1.29, 1.82) is 0 Å². The number of rotatable bonds is 39. The Balaban J connectivity index is 3.10. The summed E-state index contributed by atoms with van der Waals surface area (Å²) < 4.78 is 10.4. The maximum atomic E-state index is 11.6. The molecule has 46 heavy (non-hydrogen) atoms. The van der Waals surface area contributed by atoms with Gasteiger partial charge in [0.2, 0.25) is 0 Å². The normalized spacial score (nSPS) is 11.3. The van der Waals surface area contributed by atoms with Gasteiger partial charge >= 0.3 is 11.9 Å². The molecule has 0 saturated heterocycles. The summed E-state index contributed by atoms with van der Waals surface area (Å²) >= 11 is 0. The van der Waals surface area contributed by atoms with E-state index in [0.717, 1.165) is 38.5 Å². The highest BCUT2D eigenvalue weighted by atomic mass is 33.1. The minimum absolute atomic E-state index is 0.00403. The van der Waals surface area contributed by atoms with Crippen molar-refractivity contribution >= 4 is 33.5 Å². The smallest absolute Gasteiger partial charge is 0.305 e. The Morgan fingerprint density at radius 1 is 0.348 bits per heavy atom. The van der Waals surface area contributed by atoms with Gasteiger partial charge in [0.25, 0.3) is 0 Å². The summed E-state index contributed by atoms with van der Waals surface area (Å²) in [5, 5.41) is 0. The first kappa shape index (κ1) is 45.6. The zero-order valence-corrected chi connectivity index (χ0v) is 32.5. The van der Waals surface area contributed by atoms with Gasteiger partial charge in [-0.15, -0.1) is 0 Å². The van der Waals surface area contributed by atoms with Crippen LogP contribution in [0.4, 0.5) is 0 Å². The van der Waals surface area contributed by atoms with Crippen molar-refractivity contribution < 1.29 is 19.1 Å². The van der Waals surface area contributed by atoms with Crippen LogP contribution in [-0.4, -0.2) is 36.7 Å². The third-order valence-corrected chi connectivity index (χ3v) is 11.4. The minimum Gasteiger partial charge on any atom is -0.466 e. The second-order valence-corrected chi connectivity index (χ2v) is 16.2. The van der Waals surface area contributed by atoms with Crippen LogP contribution in [0, 0.1) is 0 Å². The molecule has 0 aromatic rings. The number of esters is 2. The Morgan fingerprint density at radius 2 is 0.587 bits per heavy atom. The lowest BCUT2D eigenvalue weighted by Gasteiger charge is -2.05. The quantitative estimate of drug-likeness (QED) is 0.0364. The zero-order valence-electron chi connectivity index (χ0n) is 30.9. The van der Waals surface area contributed by atoms with Gasteiger partial charge in [-0.2, -0.15) is 0 Å². The molecule has 0 rings (SSSR count). The zero-order chi connectivity index (χ0) is 33.4. The van der Waals surface area contributed by atoms with E-state index in [0.29, 0.717) is 26.1 Å². The summed E-state index contributed by atoms with van der Waals surface area (Å²) in [4.78, 5) is 23.1. The van der Waals surface area contributed by atoms with Gasteiger partial charge in [0.15, 0.2) is 0 Å². The second kappa shape index (κ2) is 40.8. The number of carbonyl (C=O) groups excluding carboxylic acids is 2. The van der Waals surface area contributed by atoms with Gasteiger partial charge in [0, 0.05) is 24.3 Å². The maximum Gasteiger partial charge on any atom is 0.305 e. The van der Waals surface area contributed by atoms with Crippen LogP contribution in [0.15, 0.2) is 0 Å². The lowest BCUT2D eigenvalue weighted by molar-refractivity contribution is -0.144. The van der Waals surface area contributed by atoms with E-state index < -0.39 is 0 Å². The number of hydrogen-bond donors (Lipinski definition) is 0. The largest absolute Gasteiger partial charge is 0.466 e. The van der Waals surface area contributed by atoms with Crippen LogP contribution >= 0.6 is 21.6 Å². The number of hydrogen-bond acceptors (Lipinski definition) is 6. The summed E-state index contributed by atoms with van der Waals surface area (Å²) in [5.74, 6) is 2.66. The molecule has 0 unspecified atom stereocenters. The Kier molecular flexibility index (Phi) is 40.5. The molecule has 274 valence electrons. The van der Waals surface area contributed by atoms with E-state index in [9.17, 15) is 9.59 Å². The topological polar surface area (TPSA) is 52.6 Å². The van der Waals surface area contributed by atoms with Crippen LogP contribution in [0.2, 0.25) is 0 Å². The SMILES string of the molecule is CCCCOC(=O)CCCCCCCCCCCCCCCSSCCCCCCCCCCCCCCCC(=O)OCCCC. The molecule has 4 nitrogen and oxygen atoms in total. The average Bonchev–Trinajstić information content (AvgIpc) is 3.05. The molecule has 0 fully saturated rings. The lowest BCUT2D eigenvalue weighted by atomic mass is 10.0. The molecule has 0 saturated carbocycles. The third kappa shape index (κ3) is 39.8. The van der Waals surface area contributed by atoms with Crippen molar-refractivity contribution in [2.75, 3.05) is 24.7 Å². The van der Waals surface area contributed by atoms with Gasteiger partial charge in [-0.3, -0.25) is 9.59 Å². The third-order valence-electron chi connectivity index (χ3n) is 8.82. The van der Waals surface area contributed by atoms with Crippen molar-refractivity contribution in [2.24, 2.45) is 0 Å². The van der Waals surface area contributed by atoms with Crippen molar-refractivity contribution in [2.45, 2.75) is 219 Å². The molecule has 0 aromatic carbocycles. The fourth-order valence-corrected chi connectivity index (χ4v) is 7.97. The first-order valence-electron chi connectivity index (χ1n) is 20.3. The molecule has 0 aromatic heterocycles. The number of unbranched alkanes of at least 4 members (excludes halogenated alkanes) is 26. The monoisotopic (exact) mass is 687 g/mol. The van der Waals surface area contributed by atoms with Crippen LogP contribution in [0.3, 0.4) is 0 Å². The average molecular weight is 687 g/mol. The van der Waals surface area contributed by atoms with Crippen molar-refractivity contribution in [3.05, 3.63) is 0 Å². The molecule has 0 aliphatic heterocycles. The second-order valence-electron chi connectivity index (χ2n) is 13.5. The van der Waals surface area contributed by atoms with Crippen molar-refractivity contribution in [3.63, 3.8) is 0 Å². The molecule has 0 atom stereocenters. The molecule has 0 N–H and O–H groups in total. The van der Waals surface area contributed by atoms with Crippen LogP contribution in [0.25, 0.3) is 0 Å². The Hall–Kier alpha value is -0.360. The highest BCUT2D eigenvalue weighted by molar-refractivity contribution is 8.76. The Bertz CT molecular complexity index is 564. The molecular weight excluding hydrogens is 609 g/mol. The summed E-state index contributed by atoms with van der Waals surface area (Å²) in [6.45, 7) is 5.43. The molecule has 6 heteroatoms. The molecule has 0 heterocycles. The van der Waals surface area contributed by atoms with Gasteiger partial charge in [-0.25, -0.2) is 0 Å². The van der Waals surface area contributed by atoms with Crippen LogP contribution < -0.4 is 0 Å². The van der Waals surface area contributed by atoms with Crippen LogP contribution in [0.1, 0.15) is 219 Å². The molecule has 0 spiro atoms.